The smallest absolute Gasteiger partial charge is 0.126 e. The highest BCUT2D eigenvalue weighted by atomic mass is 19.1. The van der Waals surface area contributed by atoms with Gasteiger partial charge in [0.05, 0.1) is 0 Å². The van der Waals surface area contributed by atoms with E-state index >= 15 is 0 Å². The maximum atomic E-state index is 13.6. The summed E-state index contributed by atoms with van der Waals surface area (Å²) >= 11 is 0. The van der Waals surface area contributed by atoms with Gasteiger partial charge in [-0.05, 0) is 60.7 Å². The fourth-order valence-corrected chi connectivity index (χ4v) is 3.01. The van der Waals surface area contributed by atoms with Crippen molar-refractivity contribution in [3.63, 3.8) is 0 Å². The first-order valence-electron chi connectivity index (χ1n) is 6.76. The van der Waals surface area contributed by atoms with Crippen molar-refractivity contribution in [1.82, 2.24) is 5.32 Å². The lowest BCUT2D eigenvalue weighted by Gasteiger charge is -2.12. The number of hydrogen-bond donors (Lipinski definition) is 1. The Hall–Kier alpha value is -1.67. The molecule has 1 nitrogen and oxygen atoms in total. The van der Waals surface area contributed by atoms with E-state index in [1.54, 1.807) is 6.07 Å². The SMILES string of the molecule is CNC1CCc2cc(-c3cccc(F)c3C)ccc21. The van der Waals surface area contributed by atoms with Crippen LogP contribution in [0.4, 0.5) is 4.39 Å². The monoisotopic (exact) mass is 255 g/mol. The quantitative estimate of drug-likeness (QED) is 0.855. The Labute approximate surface area is 113 Å². The number of rotatable bonds is 2. The van der Waals surface area contributed by atoms with E-state index < -0.39 is 0 Å². The predicted molar refractivity (Wildman–Crippen MR) is 76.7 cm³/mol. The minimum absolute atomic E-state index is 0.133. The van der Waals surface area contributed by atoms with Crippen molar-refractivity contribution in [1.29, 1.82) is 0 Å². The molecule has 1 unspecified atom stereocenters. The van der Waals surface area contributed by atoms with Gasteiger partial charge in [-0.15, -0.1) is 0 Å². The summed E-state index contributed by atoms with van der Waals surface area (Å²) in [6.45, 7) is 1.84. The standard InChI is InChI=1S/C17H18FN/c1-11-14(4-3-5-16(11)18)12-6-8-15-13(10-12)7-9-17(15)19-2/h3-6,8,10,17,19H,7,9H2,1-2H3. The summed E-state index contributed by atoms with van der Waals surface area (Å²) in [5, 5.41) is 3.34. The zero-order chi connectivity index (χ0) is 13.4. The van der Waals surface area contributed by atoms with Crippen LogP contribution >= 0.6 is 0 Å². The van der Waals surface area contributed by atoms with E-state index in [-0.39, 0.29) is 5.82 Å². The molecule has 1 atom stereocenters. The Morgan fingerprint density at radius 1 is 1.21 bits per heavy atom. The van der Waals surface area contributed by atoms with Crippen LogP contribution < -0.4 is 5.32 Å². The van der Waals surface area contributed by atoms with Crippen molar-refractivity contribution < 1.29 is 4.39 Å². The zero-order valence-corrected chi connectivity index (χ0v) is 11.3. The Balaban J connectivity index is 2.06. The largest absolute Gasteiger partial charge is 0.313 e. The minimum Gasteiger partial charge on any atom is -0.313 e. The van der Waals surface area contributed by atoms with Crippen LogP contribution in [0.2, 0.25) is 0 Å². The van der Waals surface area contributed by atoms with Crippen LogP contribution in [0, 0.1) is 12.7 Å². The molecule has 0 saturated heterocycles. The molecule has 2 heteroatoms. The number of halogens is 1. The van der Waals surface area contributed by atoms with Crippen molar-refractivity contribution in [3.05, 3.63) is 58.9 Å². The van der Waals surface area contributed by atoms with Crippen molar-refractivity contribution >= 4 is 0 Å². The second-order valence-electron chi connectivity index (χ2n) is 5.21. The molecule has 1 aliphatic rings. The lowest BCUT2D eigenvalue weighted by molar-refractivity contribution is 0.590. The van der Waals surface area contributed by atoms with Crippen LogP contribution in [-0.2, 0) is 6.42 Å². The summed E-state index contributed by atoms with van der Waals surface area (Å²) in [4.78, 5) is 0. The topological polar surface area (TPSA) is 12.0 Å². The van der Waals surface area contributed by atoms with Crippen LogP contribution in [-0.4, -0.2) is 7.05 Å². The molecule has 1 N–H and O–H groups in total. The van der Waals surface area contributed by atoms with Gasteiger partial charge in [-0.3, -0.25) is 0 Å². The maximum Gasteiger partial charge on any atom is 0.126 e. The van der Waals surface area contributed by atoms with Gasteiger partial charge >= 0.3 is 0 Å². The number of nitrogens with one attached hydrogen (secondary N) is 1. The van der Waals surface area contributed by atoms with Crippen LogP contribution in [0.5, 0.6) is 0 Å². The number of benzene rings is 2. The molecule has 0 aliphatic heterocycles. The molecule has 0 spiro atoms. The van der Waals surface area contributed by atoms with E-state index in [9.17, 15) is 4.39 Å². The molecule has 1 aliphatic carbocycles. The highest BCUT2D eigenvalue weighted by Crippen LogP contribution is 2.35. The third-order valence-corrected chi connectivity index (χ3v) is 4.15. The average Bonchev–Trinajstić information content (AvgIpc) is 2.84. The highest BCUT2D eigenvalue weighted by molar-refractivity contribution is 5.69. The van der Waals surface area contributed by atoms with Crippen LogP contribution in [0.15, 0.2) is 36.4 Å². The lowest BCUT2D eigenvalue weighted by Crippen LogP contribution is -2.12. The number of hydrogen-bond acceptors (Lipinski definition) is 1. The molecule has 0 amide bonds. The van der Waals surface area contributed by atoms with Gasteiger partial charge in [0.2, 0.25) is 0 Å². The molecule has 0 saturated carbocycles. The van der Waals surface area contributed by atoms with Crippen molar-refractivity contribution in [2.24, 2.45) is 0 Å². The number of fused-ring (bicyclic) bond motifs is 1. The van der Waals surface area contributed by atoms with E-state index in [4.69, 9.17) is 0 Å². The normalized spacial score (nSPS) is 17.5. The summed E-state index contributed by atoms with van der Waals surface area (Å²) in [6.07, 6.45) is 2.25. The van der Waals surface area contributed by atoms with E-state index in [1.165, 1.54) is 17.2 Å². The summed E-state index contributed by atoms with van der Waals surface area (Å²) in [5.41, 5.74) is 5.62. The van der Waals surface area contributed by atoms with Gasteiger partial charge in [-0.2, -0.15) is 0 Å². The van der Waals surface area contributed by atoms with E-state index in [1.807, 2.05) is 20.0 Å². The molecule has 0 aromatic heterocycles. The zero-order valence-electron chi connectivity index (χ0n) is 11.3. The Morgan fingerprint density at radius 2 is 2.05 bits per heavy atom. The van der Waals surface area contributed by atoms with E-state index in [0.717, 1.165) is 29.5 Å². The summed E-state index contributed by atoms with van der Waals surface area (Å²) in [5.74, 6) is -0.133. The molecular formula is C17H18FN. The van der Waals surface area contributed by atoms with Crippen molar-refractivity contribution in [2.45, 2.75) is 25.8 Å². The summed E-state index contributed by atoms with van der Waals surface area (Å²) in [7, 11) is 2.00. The van der Waals surface area contributed by atoms with Crippen LogP contribution in [0.1, 0.15) is 29.2 Å². The molecule has 2 aromatic carbocycles. The first-order chi connectivity index (χ1) is 9.20. The molecule has 3 rings (SSSR count). The molecule has 98 valence electrons. The Morgan fingerprint density at radius 3 is 2.84 bits per heavy atom. The molecule has 2 aromatic rings. The van der Waals surface area contributed by atoms with Gasteiger partial charge in [0.25, 0.3) is 0 Å². The predicted octanol–water partition coefficient (Wildman–Crippen LogP) is 4.01. The van der Waals surface area contributed by atoms with E-state index in [2.05, 4.69) is 23.5 Å². The second kappa shape index (κ2) is 4.78. The van der Waals surface area contributed by atoms with Crippen molar-refractivity contribution in [2.75, 3.05) is 7.05 Å². The van der Waals surface area contributed by atoms with Gasteiger partial charge in [0.1, 0.15) is 5.82 Å². The van der Waals surface area contributed by atoms with Crippen molar-refractivity contribution in [3.8, 4) is 11.1 Å². The first-order valence-corrected chi connectivity index (χ1v) is 6.76. The molecule has 0 radical (unpaired) electrons. The summed E-state index contributed by atoms with van der Waals surface area (Å²) < 4.78 is 13.6. The molecular weight excluding hydrogens is 237 g/mol. The van der Waals surface area contributed by atoms with Gasteiger partial charge in [0, 0.05) is 6.04 Å². The molecule has 19 heavy (non-hydrogen) atoms. The number of aryl methyl sites for hydroxylation is 1. The lowest BCUT2D eigenvalue weighted by atomic mass is 9.96. The van der Waals surface area contributed by atoms with Crippen LogP contribution in [0.3, 0.4) is 0 Å². The summed E-state index contributed by atoms with van der Waals surface area (Å²) in [6, 6.07) is 12.3. The fourth-order valence-electron chi connectivity index (χ4n) is 3.01. The highest BCUT2D eigenvalue weighted by Gasteiger charge is 2.21. The molecule has 0 heterocycles. The Bertz CT molecular complexity index is 619. The third kappa shape index (κ3) is 2.06. The van der Waals surface area contributed by atoms with Gasteiger partial charge in [0.15, 0.2) is 0 Å². The maximum absolute atomic E-state index is 13.6. The molecule has 0 bridgehead atoms. The minimum atomic E-state index is -0.133. The van der Waals surface area contributed by atoms with Gasteiger partial charge in [-0.25, -0.2) is 4.39 Å². The van der Waals surface area contributed by atoms with Crippen LogP contribution in [0.25, 0.3) is 11.1 Å². The second-order valence-corrected chi connectivity index (χ2v) is 5.21. The van der Waals surface area contributed by atoms with Gasteiger partial charge in [-0.1, -0.05) is 30.3 Å². The molecule has 0 fully saturated rings. The van der Waals surface area contributed by atoms with E-state index in [0.29, 0.717) is 6.04 Å². The average molecular weight is 255 g/mol. The Kier molecular flexibility index (Phi) is 3.11. The third-order valence-electron chi connectivity index (χ3n) is 4.15. The first kappa shape index (κ1) is 12.4. The van der Waals surface area contributed by atoms with Gasteiger partial charge < -0.3 is 5.32 Å². The fraction of sp³-hybridized carbons (Fsp3) is 0.294.